The van der Waals surface area contributed by atoms with E-state index < -0.39 is 4.92 Å². The highest BCUT2D eigenvalue weighted by Crippen LogP contribution is 2.28. The molecule has 0 saturated carbocycles. The van der Waals surface area contributed by atoms with Crippen LogP contribution >= 0.6 is 11.6 Å². The third-order valence-corrected chi connectivity index (χ3v) is 2.28. The number of nitrogens with one attached hydrogen (secondary N) is 1. The predicted molar refractivity (Wildman–Crippen MR) is 66.7 cm³/mol. The molecule has 0 bridgehead atoms. The van der Waals surface area contributed by atoms with Gasteiger partial charge in [-0.3, -0.25) is 10.1 Å². The molecule has 0 aromatic heterocycles. The molecule has 1 aromatic rings. The van der Waals surface area contributed by atoms with Crippen molar-refractivity contribution in [3.63, 3.8) is 0 Å². The average molecular weight is 257 g/mol. The molecule has 1 aromatic carbocycles. The minimum Gasteiger partial charge on any atom is -0.488 e. The number of rotatable bonds is 6. The van der Waals surface area contributed by atoms with Crippen molar-refractivity contribution in [2.24, 2.45) is 0 Å². The lowest BCUT2D eigenvalue weighted by Gasteiger charge is -2.09. The number of halogens is 1. The maximum Gasteiger partial charge on any atom is 0.271 e. The summed E-state index contributed by atoms with van der Waals surface area (Å²) in [5, 5.41) is 13.7. The predicted octanol–water partition coefficient (Wildman–Crippen LogP) is 2.40. The molecule has 0 atom stereocenters. The van der Waals surface area contributed by atoms with Gasteiger partial charge in [0.25, 0.3) is 5.69 Å². The fraction of sp³-hybridized carbons (Fsp3) is 0.273. The van der Waals surface area contributed by atoms with E-state index in [1.54, 1.807) is 0 Å². The van der Waals surface area contributed by atoms with Gasteiger partial charge in [0.2, 0.25) is 0 Å². The van der Waals surface area contributed by atoms with Gasteiger partial charge in [0.05, 0.1) is 9.95 Å². The van der Waals surface area contributed by atoms with Crippen LogP contribution in [0.3, 0.4) is 0 Å². The molecule has 0 fully saturated rings. The highest BCUT2D eigenvalue weighted by Gasteiger charge is 2.10. The molecule has 0 spiro atoms. The Morgan fingerprint density at radius 3 is 2.88 bits per heavy atom. The molecule has 0 aliphatic rings. The monoisotopic (exact) mass is 256 g/mol. The maximum absolute atomic E-state index is 10.5. The van der Waals surface area contributed by atoms with Gasteiger partial charge in [-0.25, -0.2) is 0 Å². The Labute approximate surface area is 104 Å². The molecular formula is C11H13ClN2O3. The van der Waals surface area contributed by atoms with E-state index in [0.29, 0.717) is 18.9 Å². The number of benzene rings is 1. The molecule has 0 radical (unpaired) electrons. The Balaban J connectivity index is 2.66. The largest absolute Gasteiger partial charge is 0.488 e. The summed E-state index contributed by atoms with van der Waals surface area (Å²) in [6, 6.07) is 4.09. The Hall–Kier alpha value is -1.59. The van der Waals surface area contributed by atoms with Gasteiger partial charge in [0.15, 0.2) is 0 Å². The molecule has 5 nitrogen and oxygen atoms in total. The number of hydrogen-bond donors (Lipinski definition) is 1. The van der Waals surface area contributed by atoms with Gasteiger partial charge in [0.1, 0.15) is 12.4 Å². The number of nitro benzene ring substituents is 1. The lowest BCUT2D eigenvalue weighted by atomic mass is 10.3. The quantitative estimate of drug-likeness (QED) is 0.482. The van der Waals surface area contributed by atoms with Crippen molar-refractivity contribution >= 4 is 17.3 Å². The van der Waals surface area contributed by atoms with Crippen LogP contribution in [0.5, 0.6) is 5.75 Å². The standard InChI is InChI=1S/C11H13ClN2O3/c1-8(6-13-2)7-17-11-4-3-9(14(15)16)5-10(11)12/h3-5,13H,1,6-7H2,2H3. The van der Waals surface area contributed by atoms with E-state index in [1.807, 2.05) is 7.05 Å². The van der Waals surface area contributed by atoms with Gasteiger partial charge in [0, 0.05) is 18.7 Å². The number of nitrogens with zero attached hydrogens (tertiary/aromatic N) is 1. The summed E-state index contributed by atoms with van der Waals surface area (Å²) in [5.74, 6) is 0.412. The van der Waals surface area contributed by atoms with E-state index in [4.69, 9.17) is 16.3 Å². The second-order valence-electron chi connectivity index (χ2n) is 3.44. The Kier molecular flexibility index (Phi) is 4.93. The van der Waals surface area contributed by atoms with Crippen LogP contribution in [-0.2, 0) is 0 Å². The molecule has 6 heteroatoms. The molecule has 1 N–H and O–H groups in total. The van der Waals surface area contributed by atoms with Gasteiger partial charge in [-0.15, -0.1) is 0 Å². The number of ether oxygens (including phenoxy) is 1. The second kappa shape index (κ2) is 6.22. The number of nitro groups is 1. The Morgan fingerprint density at radius 2 is 2.35 bits per heavy atom. The van der Waals surface area contributed by atoms with Gasteiger partial charge in [-0.2, -0.15) is 0 Å². The summed E-state index contributed by atoms with van der Waals surface area (Å²) in [6.45, 7) is 4.76. The van der Waals surface area contributed by atoms with Crippen molar-refractivity contribution in [3.05, 3.63) is 45.5 Å². The smallest absolute Gasteiger partial charge is 0.271 e. The minimum atomic E-state index is -0.504. The van der Waals surface area contributed by atoms with Crippen LogP contribution < -0.4 is 10.1 Å². The zero-order chi connectivity index (χ0) is 12.8. The molecule has 0 aliphatic heterocycles. The van der Waals surface area contributed by atoms with E-state index >= 15 is 0 Å². The lowest BCUT2D eigenvalue weighted by Crippen LogP contribution is -2.14. The van der Waals surface area contributed by atoms with Crippen LogP contribution in [0.1, 0.15) is 0 Å². The van der Waals surface area contributed by atoms with Crippen LogP contribution in [0.2, 0.25) is 5.02 Å². The molecule has 1 rings (SSSR count). The number of likely N-dealkylation sites (N-methyl/N-ethyl adjacent to an activating group) is 1. The highest BCUT2D eigenvalue weighted by atomic mass is 35.5. The lowest BCUT2D eigenvalue weighted by molar-refractivity contribution is -0.384. The molecule has 0 amide bonds. The van der Waals surface area contributed by atoms with Gasteiger partial charge in [-0.1, -0.05) is 18.2 Å². The van der Waals surface area contributed by atoms with Gasteiger partial charge >= 0.3 is 0 Å². The zero-order valence-corrected chi connectivity index (χ0v) is 10.2. The van der Waals surface area contributed by atoms with Crippen LogP contribution in [0, 0.1) is 10.1 Å². The highest BCUT2D eigenvalue weighted by molar-refractivity contribution is 6.32. The van der Waals surface area contributed by atoms with E-state index in [0.717, 1.165) is 5.57 Å². The Morgan fingerprint density at radius 1 is 1.65 bits per heavy atom. The molecule has 92 valence electrons. The van der Waals surface area contributed by atoms with E-state index in [9.17, 15) is 10.1 Å². The summed E-state index contributed by atoms with van der Waals surface area (Å²) < 4.78 is 5.39. The van der Waals surface area contributed by atoms with E-state index in [-0.39, 0.29) is 10.7 Å². The average Bonchev–Trinajstić information content (AvgIpc) is 2.27. The molecular weight excluding hydrogens is 244 g/mol. The zero-order valence-electron chi connectivity index (χ0n) is 9.40. The summed E-state index contributed by atoms with van der Waals surface area (Å²) in [7, 11) is 1.81. The molecule has 0 aliphatic carbocycles. The van der Waals surface area contributed by atoms with Gasteiger partial charge in [-0.05, 0) is 18.7 Å². The van der Waals surface area contributed by atoms with Crippen molar-refractivity contribution < 1.29 is 9.66 Å². The first-order valence-corrected chi connectivity index (χ1v) is 5.30. The first-order valence-electron chi connectivity index (χ1n) is 4.92. The van der Waals surface area contributed by atoms with Crippen LogP contribution in [0.25, 0.3) is 0 Å². The van der Waals surface area contributed by atoms with Crippen molar-refractivity contribution in [1.29, 1.82) is 0 Å². The van der Waals surface area contributed by atoms with Crippen molar-refractivity contribution in [2.45, 2.75) is 0 Å². The molecule has 0 unspecified atom stereocenters. The molecule has 0 heterocycles. The molecule has 0 saturated heterocycles. The van der Waals surface area contributed by atoms with E-state index in [1.165, 1.54) is 18.2 Å². The van der Waals surface area contributed by atoms with Crippen LogP contribution in [0.15, 0.2) is 30.4 Å². The summed E-state index contributed by atoms with van der Waals surface area (Å²) in [6.07, 6.45) is 0. The topological polar surface area (TPSA) is 64.4 Å². The summed E-state index contributed by atoms with van der Waals surface area (Å²) >= 11 is 5.86. The summed E-state index contributed by atoms with van der Waals surface area (Å²) in [4.78, 5) is 10.00. The second-order valence-corrected chi connectivity index (χ2v) is 3.85. The first kappa shape index (κ1) is 13.5. The number of non-ortho nitro benzene ring substituents is 1. The van der Waals surface area contributed by atoms with Crippen molar-refractivity contribution in [3.8, 4) is 5.75 Å². The minimum absolute atomic E-state index is 0.0589. The van der Waals surface area contributed by atoms with Crippen molar-refractivity contribution in [2.75, 3.05) is 20.2 Å². The SMILES string of the molecule is C=C(CNC)COc1ccc([N+](=O)[O-])cc1Cl. The van der Waals surface area contributed by atoms with Crippen LogP contribution in [0.4, 0.5) is 5.69 Å². The number of hydrogen-bond acceptors (Lipinski definition) is 4. The fourth-order valence-electron chi connectivity index (χ4n) is 1.20. The van der Waals surface area contributed by atoms with Crippen LogP contribution in [-0.4, -0.2) is 25.1 Å². The maximum atomic E-state index is 10.5. The Bertz CT molecular complexity index is 435. The van der Waals surface area contributed by atoms with Crippen molar-refractivity contribution in [1.82, 2.24) is 5.32 Å². The van der Waals surface area contributed by atoms with E-state index in [2.05, 4.69) is 11.9 Å². The fourth-order valence-corrected chi connectivity index (χ4v) is 1.43. The normalized spacial score (nSPS) is 10.0. The summed E-state index contributed by atoms with van der Waals surface area (Å²) in [5.41, 5.74) is 0.804. The third kappa shape index (κ3) is 4.05. The first-order chi connectivity index (χ1) is 8.04. The molecule has 17 heavy (non-hydrogen) atoms. The van der Waals surface area contributed by atoms with Gasteiger partial charge < -0.3 is 10.1 Å². The third-order valence-electron chi connectivity index (χ3n) is 1.98.